The number of halogens is 1. The number of hydrogen-bond donors (Lipinski definition) is 0. The van der Waals surface area contributed by atoms with Gasteiger partial charge in [0.05, 0.1) is 6.61 Å². The number of carbonyl (C=O) groups excluding carboxylic acids is 2. The summed E-state index contributed by atoms with van der Waals surface area (Å²) in [6, 6.07) is 0. The molecular formula is C11H15IO3. The van der Waals surface area contributed by atoms with E-state index in [2.05, 4.69) is 22.6 Å². The van der Waals surface area contributed by atoms with Crippen LogP contribution in [0.25, 0.3) is 0 Å². The number of ether oxygens (including phenoxy) is 1. The Labute approximate surface area is 103 Å². The molecule has 1 atom stereocenters. The first kappa shape index (κ1) is 12.7. The summed E-state index contributed by atoms with van der Waals surface area (Å²) in [4.78, 5) is 23.6. The van der Waals surface area contributed by atoms with Crippen LogP contribution in [0.4, 0.5) is 0 Å². The van der Waals surface area contributed by atoms with E-state index in [1.54, 1.807) is 6.92 Å². The van der Waals surface area contributed by atoms with Crippen molar-refractivity contribution >= 4 is 34.3 Å². The minimum atomic E-state index is -0.975. The molecule has 0 aromatic rings. The fourth-order valence-corrected chi connectivity index (χ4v) is 2.94. The second kappa shape index (κ2) is 5.09. The maximum absolute atomic E-state index is 11.9. The third kappa shape index (κ3) is 2.09. The van der Waals surface area contributed by atoms with Gasteiger partial charge in [-0.3, -0.25) is 9.59 Å². The molecule has 0 bridgehead atoms. The second-order valence-corrected chi connectivity index (χ2v) is 4.29. The van der Waals surface area contributed by atoms with Gasteiger partial charge in [-0.2, -0.15) is 0 Å². The van der Waals surface area contributed by atoms with Crippen LogP contribution in [0.3, 0.4) is 0 Å². The molecule has 0 radical (unpaired) electrons. The van der Waals surface area contributed by atoms with Crippen LogP contribution in [0.5, 0.6) is 0 Å². The maximum Gasteiger partial charge on any atom is 0.323 e. The van der Waals surface area contributed by atoms with Gasteiger partial charge in [0.1, 0.15) is 5.41 Å². The lowest BCUT2D eigenvalue weighted by atomic mass is 9.79. The second-order valence-electron chi connectivity index (χ2n) is 3.67. The maximum atomic E-state index is 11.9. The molecule has 0 saturated heterocycles. The molecular weight excluding hydrogens is 307 g/mol. The first-order chi connectivity index (χ1) is 7.09. The predicted octanol–water partition coefficient (Wildman–Crippen LogP) is 2.63. The lowest BCUT2D eigenvalue weighted by Crippen LogP contribution is -2.38. The molecule has 1 rings (SSSR count). The molecule has 1 aliphatic rings. The molecule has 15 heavy (non-hydrogen) atoms. The number of ketones is 1. The van der Waals surface area contributed by atoms with Crippen molar-refractivity contribution in [2.24, 2.45) is 5.41 Å². The van der Waals surface area contributed by atoms with Gasteiger partial charge in [-0.25, -0.2) is 0 Å². The van der Waals surface area contributed by atoms with Crippen LogP contribution in [0, 0.1) is 5.41 Å². The first-order valence-electron chi connectivity index (χ1n) is 5.07. The van der Waals surface area contributed by atoms with Crippen LogP contribution in [-0.4, -0.2) is 18.4 Å². The smallest absolute Gasteiger partial charge is 0.323 e. The zero-order chi connectivity index (χ0) is 11.5. The van der Waals surface area contributed by atoms with Gasteiger partial charge in [0.15, 0.2) is 5.78 Å². The van der Waals surface area contributed by atoms with Crippen molar-refractivity contribution in [3.63, 3.8) is 0 Å². The quantitative estimate of drug-likeness (QED) is 0.456. The molecule has 0 N–H and O–H groups in total. The summed E-state index contributed by atoms with van der Waals surface area (Å²) in [5.41, 5.74) is -0.0638. The minimum Gasteiger partial charge on any atom is -0.465 e. The van der Waals surface area contributed by atoms with Crippen molar-refractivity contribution in [2.75, 3.05) is 6.61 Å². The van der Waals surface area contributed by atoms with Crippen LogP contribution in [0.2, 0.25) is 0 Å². The van der Waals surface area contributed by atoms with Gasteiger partial charge >= 0.3 is 5.97 Å². The zero-order valence-corrected chi connectivity index (χ0v) is 11.2. The summed E-state index contributed by atoms with van der Waals surface area (Å²) in [7, 11) is 0. The number of hydrogen-bond acceptors (Lipinski definition) is 3. The molecule has 4 heteroatoms. The van der Waals surface area contributed by atoms with Gasteiger partial charge in [-0.05, 0) is 42.8 Å². The normalized spacial score (nSPS) is 28.1. The monoisotopic (exact) mass is 322 g/mol. The molecule has 0 amide bonds. The molecule has 0 spiro atoms. The van der Waals surface area contributed by atoms with Gasteiger partial charge in [-0.15, -0.1) is 0 Å². The topological polar surface area (TPSA) is 43.4 Å². The standard InChI is InChI=1S/C11H15IO3/c1-3-15-10(14)11(8(2)13)6-4-5-9(11)7-12/h7H,3-6H2,1-2H3/b9-7+. The van der Waals surface area contributed by atoms with E-state index in [0.29, 0.717) is 13.0 Å². The molecule has 0 aromatic carbocycles. The van der Waals surface area contributed by atoms with Crippen LogP contribution >= 0.6 is 22.6 Å². The Hall–Kier alpha value is -0.390. The number of esters is 1. The van der Waals surface area contributed by atoms with E-state index in [-0.39, 0.29) is 11.8 Å². The van der Waals surface area contributed by atoms with Crippen molar-refractivity contribution in [3.8, 4) is 0 Å². The highest BCUT2D eigenvalue weighted by Gasteiger charge is 2.50. The molecule has 0 aliphatic heterocycles. The molecule has 1 fully saturated rings. The number of carbonyl (C=O) groups is 2. The summed E-state index contributed by atoms with van der Waals surface area (Å²) in [6.07, 6.45) is 2.30. The van der Waals surface area contributed by atoms with Crippen molar-refractivity contribution in [1.29, 1.82) is 0 Å². The summed E-state index contributed by atoms with van der Waals surface area (Å²) >= 11 is 2.09. The fourth-order valence-electron chi connectivity index (χ4n) is 2.10. The van der Waals surface area contributed by atoms with Crippen molar-refractivity contribution in [3.05, 3.63) is 9.66 Å². The lowest BCUT2D eigenvalue weighted by molar-refractivity contribution is -0.156. The molecule has 1 unspecified atom stereocenters. The van der Waals surface area contributed by atoms with Crippen LogP contribution in [0.15, 0.2) is 9.66 Å². The molecule has 0 aromatic heterocycles. The largest absolute Gasteiger partial charge is 0.465 e. The van der Waals surface area contributed by atoms with Crippen molar-refractivity contribution in [1.82, 2.24) is 0 Å². The Morgan fingerprint density at radius 3 is 2.73 bits per heavy atom. The zero-order valence-electron chi connectivity index (χ0n) is 9.01. The fraction of sp³-hybridized carbons (Fsp3) is 0.636. The Bertz CT molecular complexity index is 309. The highest BCUT2D eigenvalue weighted by molar-refractivity contribution is 14.1. The van der Waals surface area contributed by atoms with E-state index < -0.39 is 5.41 Å². The first-order valence-corrected chi connectivity index (χ1v) is 6.32. The molecule has 84 valence electrons. The van der Waals surface area contributed by atoms with Gasteiger partial charge in [0.25, 0.3) is 0 Å². The highest BCUT2D eigenvalue weighted by atomic mass is 127. The van der Waals surface area contributed by atoms with E-state index >= 15 is 0 Å². The van der Waals surface area contributed by atoms with Crippen molar-refractivity contribution < 1.29 is 14.3 Å². The Balaban J connectivity index is 3.08. The summed E-state index contributed by atoms with van der Waals surface area (Å²) < 4.78 is 6.87. The summed E-state index contributed by atoms with van der Waals surface area (Å²) in [6.45, 7) is 3.55. The highest BCUT2D eigenvalue weighted by Crippen LogP contribution is 2.45. The molecule has 0 heterocycles. The Morgan fingerprint density at radius 1 is 1.60 bits per heavy atom. The third-order valence-electron chi connectivity index (χ3n) is 2.90. The van der Waals surface area contributed by atoms with Gasteiger partial charge in [0.2, 0.25) is 0 Å². The Kier molecular flexibility index (Phi) is 4.31. The van der Waals surface area contributed by atoms with E-state index in [4.69, 9.17) is 4.74 Å². The van der Waals surface area contributed by atoms with E-state index in [1.165, 1.54) is 6.92 Å². The van der Waals surface area contributed by atoms with Crippen molar-refractivity contribution in [2.45, 2.75) is 33.1 Å². The van der Waals surface area contributed by atoms with E-state index in [9.17, 15) is 9.59 Å². The lowest BCUT2D eigenvalue weighted by Gasteiger charge is -2.25. The summed E-state index contributed by atoms with van der Waals surface area (Å²) in [5.74, 6) is -0.473. The van der Waals surface area contributed by atoms with E-state index in [0.717, 1.165) is 18.4 Å². The average molecular weight is 322 g/mol. The third-order valence-corrected chi connectivity index (χ3v) is 3.65. The van der Waals surface area contributed by atoms with Crippen LogP contribution in [0.1, 0.15) is 33.1 Å². The molecule has 1 aliphatic carbocycles. The molecule has 1 saturated carbocycles. The average Bonchev–Trinajstić information content (AvgIpc) is 2.62. The van der Waals surface area contributed by atoms with Gasteiger partial charge < -0.3 is 4.74 Å². The number of rotatable bonds is 3. The minimum absolute atomic E-state index is 0.0960. The Morgan fingerprint density at radius 2 is 2.27 bits per heavy atom. The van der Waals surface area contributed by atoms with Crippen LogP contribution in [-0.2, 0) is 14.3 Å². The molecule has 3 nitrogen and oxygen atoms in total. The van der Waals surface area contributed by atoms with E-state index in [1.807, 2.05) is 4.08 Å². The summed E-state index contributed by atoms with van der Waals surface area (Å²) in [5, 5.41) is 0. The van der Waals surface area contributed by atoms with Gasteiger partial charge in [-0.1, -0.05) is 22.6 Å². The van der Waals surface area contributed by atoms with Gasteiger partial charge in [0, 0.05) is 0 Å². The SMILES string of the molecule is CCOC(=O)C1(C(C)=O)CCC/C1=C\I. The number of Topliss-reactive ketones (excluding diaryl/α,β-unsaturated/α-hetero) is 1. The van der Waals surface area contributed by atoms with Crippen LogP contribution < -0.4 is 0 Å². The predicted molar refractivity (Wildman–Crippen MR) is 65.7 cm³/mol.